The maximum Gasteiger partial charge on any atom is 0.0715 e. The number of hydrogen-bond acceptors (Lipinski definition) is 1. The first kappa shape index (κ1) is 34.8. The molecule has 2 aliphatic rings. The molecule has 2 nitrogen and oxygen atoms in total. The van der Waals surface area contributed by atoms with Crippen molar-refractivity contribution in [3.8, 4) is 27.9 Å². The predicted molar refractivity (Wildman–Crippen MR) is 246 cm³/mol. The molecule has 0 N–H and O–H groups in total. The van der Waals surface area contributed by atoms with Crippen LogP contribution in [0.5, 0.6) is 0 Å². The van der Waals surface area contributed by atoms with Crippen molar-refractivity contribution >= 4 is 22.3 Å². The van der Waals surface area contributed by atoms with Gasteiger partial charge in [-0.25, -0.2) is 0 Å². The topological polar surface area (TPSA) is 8.17 Å². The Morgan fingerprint density at radius 2 is 1.07 bits per heavy atom. The van der Waals surface area contributed by atoms with Crippen LogP contribution in [-0.2, 0) is 5.41 Å². The second kappa shape index (κ2) is 14.5. The van der Waals surface area contributed by atoms with Crippen molar-refractivity contribution < 1.29 is 0 Å². The van der Waals surface area contributed by atoms with Crippen molar-refractivity contribution in [3.63, 3.8) is 0 Å². The first-order valence-corrected chi connectivity index (χ1v) is 20.6. The van der Waals surface area contributed by atoms with Crippen molar-refractivity contribution in [2.24, 2.45) is 0 Å². The van der Waals surface area contributed by atoms with Crippen molar-refractivity contribution in [2.45, 2.75) is 17.8 Å². The van der Waals surface area contributed by atoms with E-state index in [2.05, 4.69) is 246 Å². The van der Waals surface area contributed by atoms with E-state index in [-0.39, 0.29) is 0 Å². The summed E-state index contributed by atoms with van der Waals surface area (Å²) in [6.07, 6.45) is 10.3. The Kier molecular flexibility index (Phi) is 8.56. The van der Waals surface area contributed by atoms with Gasteiger partial charge in [0.1, 0.15) is 0 Å². The van der Waals surface area contributed by atoms with E-state index in [4.69, 9.17) is 0 Å². The standard InChI is InChI=1S/C57H42N2/c1-5-15-41(16-6-1)43-25-29-48(30-26-43)59(49-31-27-44(28-32-49)42-17-7-2-8-18-42)51-34-36-53-52-35-33-50(58-38-37-45-19-13-14-24-56(45)58)39-54(52)57(55(53)40-51,46-20-9-3-10-21-46)47-22-11-4-12-23-47/h1-27,29-40,44H,28H2. The molecular formula is C57H42N2. The molecule has 11 rings (SSSR count). The Bertz CT molecular complexity index is 2950. The summed E-state index contributed by atoms with van der Waals surface area (Å²) in [4.78, 5) is 2.45. The minimum atomic E-state index is -0.569. The normalized spacial score (nSPS) is 15.1. The van der Waals surface area contributed by atoms with Gasteiger partial charge in [0.25, 0.3) is 0 Å². The molecule has 8 aromatic carbocycles. The van der Waals surface area contributed by atoms with Crippen LogP contribution in [-0.4, -0.2) is 4.57 Å². The number of benzene rings is 8. The van der Waals surface area contributed by atoms with Gasteiger partial charge in [0.2, 0.25) is 0 Å². The van der Waals surface area contributed by atoms with Crippen LogP contribution in [0.25, 0.3) is 38.8 Å². The summed E-state index contributed by atoms with van der Waals surface area (Å²) in [5, 5.41) is 1.23. The maximum absolute atomic E-state index is 2.48. The molecule has 2 heteroatoms. The van der Waals surface area contributed by atoms with Gasteiger partial charge in [-0.3, -0.25) is 0 Å². The molecule has 0 fully saturated rings. The lowest BCUT2D eigenvalue weighted by Crippen LogP contribution is -2.29. The summed E-state index contributed by atoms with van der Waals surface area (Å²) in [5.74, 6) is 0.340. The second-order valence-electron chi connectivity index (χ2n) is 15.7. The molecule has 9 aromatic rings. The molecule has 1 atom stereocenters. The molecule has 280 valence electrons. The zero-order chi connectivity index (χ0) is 39.2. The van der Waals surface area contributed by atoms with E-state index in [9.17, 15) is 0 Å². The van der Waals surface area contributed by atoms with Crippen molar-refractivity contribution in [2.75, 3.05) is 4.90 Å². The Labute approximate surface area is 346 Å². The van der Waals surface area contributed by atoms with Crippen LogP contribution in [0.2, 0.25) is 0 Å². The smallest absolute Gasteiger partial charge is 0.0715 e. The van der Waals surface area contributed by atoms with E-state index in [0.717, 1.165) is 23.5 Å². The minimum Gasteiger partial charge on any atom is -0.317 e. The summed E-state index contributed by atoms with van der Waals surface area (Å²) in [6.45, 7) is 0. The van der Waals surface area contributed by atoms with Crippen molar-refractivity contribution in [3.05, 3.63) is 270 Å². The molecule has 1 aromatic heterocycles. The van der Waals surface area contributed by atoms with Gasteiger partial charge < -0.3 is 9.47 Å². The Morgan fingerprint density at radius 3 is 1.75 bits per heavy atom. The van der Waals surface area contributed by atoms with Gasteiger partial charge in [-0.05, 0) is 116 Å². The van der Waals surface area contributed by atoms with Crippen LogP contribution in [0.1, 0.15) is 40.2 Å². The lowest BCUT2D eigenvalue weighted by molar-refractivity contribution is 0.767. The van der Waals surface area contributed by atoms with Crippen LogP contribution < -0.4 is 4.90 Å². The third-order valence-corrected chi connectivity index (χ3v) is 12.5. The average molecular weight is 755 g/mol. The molecule has 0 amide bonds. The third kappa shape index (κ3) is 5.87. The molecule has 2 aliphatic carbocycles. The molecule has 0 aliphatic heterocycles. The molecule has 1 unspecified atom stereocenters. The van der Waals surface area contributed by atoms with Crippen LogP contribution in [0, 0.1) is 0 Å². The van der Waals surface area contributed by atoms with Gasteiger partial charge in [0.05, 0.1) is 10.9 Å². The molecule has 0 saturated heterocycles. The second-order valence-corrected chi connectivity index (χ2v) is 15.7. The van der Waals surface area contributed by atoms with Crippen LogP contribution in [0.15, 0.2) is 242 Å². The Morgan fingerprint density at radius 1 is 0.492 bits per heavy atom. The fraction of sp³-hybridized carbons (Fsp3) is 0.0526. The minimum absolute atomic E-state index is 0.340. The van der Waals surface area contributed by atoms with E-state index in [1.165, 1.54) is 66.7 Å². The summed E-state index contributed by atoms with van der Waals surface area (Å²) in [7, 11) is 0. The first-order valence-electron chi connectivity index (χ1n) is 20.6. The fourth-order valence-corrected chi connectivity index (χ4v) is 9.66. The molecule has 0 spiro atoms. The SMILES string of the molecule is C1=CC(c2ccccc2)CC=C1N(c1ccc(-c2ccccc2)cc1)c1ccc2c(c1)C(c1ccccc1)(c1ccccc1)c1cc(-n3ccc4ccccc43)ccc1-2. The van der Waals surface area contributed by atoms with Gasteiger partial charge in [0, 0.05) is 34.9 Å². The fourth-order valence-electron chi connectivity index (χ4n) is 9.66. The van der Waals surface area contributed by atoms with Crippen LogP contribution in [0.3, 0.4) is 0 Å². The zero-order valence-electron chi connectivity index (χ0n) is 32.7. The number of para-hydroxylation sites is 1. The van der Waals surface area contributed by atoms with Crippen LogP contribution >= 0.6 is 0 Å². The van der Waals surface area contributed by atoms with Gasteiger partial charge in [-0.2, -0.15) is 0 Å². The summed E-state index contributed by atoms with van der Waals surface area (Å²) in [6, 6.07) is 77.9. The lowest BCUT2D eigenvalue weighted by Gasteiger charge is -2.35. The lowest BCUT2D eigenvalue weighted by atomic mass is 9.67. The number of fused-ring (bicyclic) bond motifs is 4. The van der Waals surface area contributed by atoms with Crippen molar-refractivity contribution in [1.29, 1.82) is 0 Å². The van der Waals surface area contributed by atoms with Gasteiger partial charge in [-0.1, -0.05) is 176 Å². The van der Waals surface area contributed by atoms with E-state index in [0.29, 0.717) is 5.92 Å². The molecule has 0 radical (unpaired) electrons. The highest BCUT2D eigenvalue weighted by Gasteiger charge is 2.46. The molecule has 59 heavy (non-hydrogen) atoms. The predicted octanol–water partition coefficient (Wildman–Crippen LogP) is 14.4. The van der Waals surface area contributed by atoms with Crippen molar-refractivity contribution in [1.82, 2.24) is 4.57 Å². The van der Waals surface area contributed by atoms with E-state index in [1.54, 1.807) is 0 Å². The van der Waals surface area contributed by atoms with Gasteiger partial charge in [0.15, 0.2) is 0 Å². The number of aromatic nitrogens is 1. The maximum atomic E-state index is 2.48. The number of nitrogens with zero attached hydrogens (tertiary/aromatic N) is 2. The highest BCUT2D eigenvalue weighted by atomic mass is 15.1. The van der Waals surface area contributed by atoms with E-state index in [1.807, 2.05) is 0 Å². The van der Waals surface area contributed by atoms with E-state index < -0.39 is 5.41 Å². The molecular weight excluding hydrogens is 713 g/mol. The third-order valence-electron chi connectivity index (χ3n) is 12.5. The number of rotatable bonds is 8. The van der Waals surface area contributed by atoms with Gasteiger partial charge in [-0.15, -0.1) is 0 Å². The molecule has 0 bridgehead atoms. The van der Waals surface area contributed by atoms with Gasteiger partial charge >= 0.3 is 0 Å². The number of hydrogen-bond donors (Lipinski definition) is 0. The average Bonchev–Trinajstić information content (AvgIpc) is 3.88. The molecule has 1 heterocycles. The molecule has 0 saturated carbocycles. The summed E-state index contributed by atoms with van der Waals surface area (Å²) >= 11 is 0. The largest absolute Gasteiger partial charge is 0.317 e. The highest BCUT2D eigenvalue weighted by Crippen LogP contribution is 2.57. The highest BCUT2D eigenvalue weighted by molar-refractivity contribution is 5.90. The summed E-state index contributed by atoms with van der Waals surface area (Å²) < 4.78 is 2.33. The number of anilines is 2. The first-order chi connectivity index (χ1) is 29.3. The van der Waals surface area contributed by atoms with Crippen LogP contribution in [0.4, 0.5) is 11.4 Å². The Hall–Kier alpha value is -7.42. The Balaban J connectivity index is 1.11. The number of allylic oxidation sites excluding steroid dienone is 3. The zero-order valence-corrected chi connectivity index (χ0v) is 32.7. The quantitative estimate of drug-likeness (QED) is 0.150. The summed E-state index contributed by atoms with van der Waals surface area (Å²) in [5.41, 5.74) is 16.6. The monoisotopic (exact) mass is 754 g/mol. The van der Waals surface area contributed by atoms with E-state index >= 15 is 0 Å².